The molecule has 0 aliphatic carbocycles. The van der Waals surface area contributed by atoms with Gasteiger partial charge in [0, 0.05) is 12.0 Å². The molecule has 0 amide bonds. The summed E-state index contributed by atoms with van der Waals surface area (Å²) in [6.07, 6.45) is 0.371. The number of para-hydroxylation sites is 1. The molecule has 0 spiro atoms. The summed E-state index contributed by atoms with van der Waals surface area (Å²) in [6.45, 7) is 3.43. The lowest BCUT2D eigenvalue weighted by molar-refractivity contribution is 0.256. The third-order valence-corrected chi connectivity index (χ3v) is 4.81. The van der Waals surface area contributed by atoms with E-state index in [1.807, 2.05) is 24.3 Å². The van der Waals surface area contributed by atoms with Crippen molar-refractivity contribution in [2.75, 3.05) is 11.5 Å². The van der Waals surface area contributed by atoms with Crippen molar-refractivity contribution < 1.29 is 13.2 Å². The van der Waals surface area contributed by atoms with E-state index < -0.39 is 15.4 Å². The Morgan fingerprint density at radius 1 is 1.39 bits per heavy atom. The molecule has 1 unspecified atom stereocenters. The number of hydrogen-bond acceptors (Lipinski definition) is 4. The minimum Gasteiger partial charge on any atom is -0.489 e. The highest BCUT2D eigenvalue weighted by molar-refractivity contribution is 7.91. The fourth-order valence-electron chi connectivity index (χ4n) is 2.26. The lowest BCUT2D eigenvalue weighted by Crippen LogP contribution is -2.42. The van der Waals surface area contributed by atoms with Gasteiger partial charge in [-0.3, -0.25) is 0 Å². The SMILES string of the molecule is CC(C)(N)CS(=O)(=O)CC1Cc2ccccc2O1. The van der Waals surface area contributed by atoms with Gasteiger partial charge in [-0.2, -0.15) is 0 Å². The molecule has 1 heterocycles. The number of fused-ring (bicyclic) bond motifs is 1. The quantitative estimate of drug-likeness (QED) is 0.890. The molecular formula is C13H19NO3S. The van der Waals surface area contributed by atoms with Gasteiger partial charge in [-0.25, -0.2) is 8.42 Å². The molecule has 1 aromatic rings. The van der Waals surface area contributed by atoms with Crippen molar-refractivity contribution in [2.45, 2.75) is 31.9 Å². The van der Waals surface area contributed by atoms with E-state index in [9.17, 15) is 8.42 Å². The van der Waals surface area contributed by atoms with Crippen molar-refractivity contribution in [1.82, 2.24) is 0 Å². The Labute approximate surface area is 108 Å². The number of rotatable bonds is 4. The van der Waals surface area contributed by atoms with E-state index in [1.165, 1.54) is 0 Å². The van der Waals surface area contributed by atoms with Crippen LogP contribution in [0.5, 0.6) is 5.75 Å². The second-order valence-corrected chi connectivity index (χ2v) is 7.70. The number of sulfone groups is 1. The summed E-state index contributed by atoms with van der Waals surface area (Å²) in [5, 5.41) is 0. The molecule has 2 rings (SSSR count). The molecule has 4 nitrogen and oxygen atoms in total. The van der Waals surface area contributed by atoms with E-state index in [0.29, 0.717) is 6.42 Å². The van der Waals surface area contributed by atoms with Crippen LogP contribution in [0.3, 0.4) is 0 Å². The van der Waals surface area contributed by atoms with E-state index in [-0.39, 0.29) is 17.6 Å². The van der Waals surface area contributed by atoms with E-state index in [2.05, 4.69) is 0 Å². The fraction of sp³-hybridized carbons (Fsp3) is 0.538. The van der Waals surface area contributed by atoms with Gasteiger partial charge in [0.2, 0.25) is 0 Å². The highest BCUT2D eigenvalue weighted by Crippen LogP contribution is 2.28. The molecule has 0 fully saturated rings. The van der Waals surface area contributed by atoms with Gasteiger partial charge in [-0.05, 0) is 25.5 Å². The van der Waals surface area contributed by atoms with E-state index in [4.69, 9.17) is 10.5 Å². The second-order valence-electron chi connectivity index (χ2n) is 5.59. The zero-order valence-corrected chi connectivity index (χ0v) is 11.5. The molecule has 0 saturated heterocycles. The standard InChI is InChI=1S/C13H19NO3S/c1-13(2,14)9-18(15,16)8-11-7-10-5-3-4-6-12(10)17-11/h3-6,11H,7-9,14H2,1-2H3. The average Bonchev–Trinajstić information content (AvgIpc) is 2.53. The van der Waals surface area contributed by atoms with Crippen LogP contribution in [-0.4, -0.2) is 31.6 Å². The smallest absolute Gasteiger partial charge is 0.155 e. The van der Waals surface area contributed by atoms with Crippen LogP contribution in [0.1, 0.15) is 19.4 Å². The number of nitrogens with two attached hydrogens (primary N) is 1. The first-order valence-electron chi connectivity index (χ1n) is 5.99. The molecule has 0 bridgehead atoms. The first-order chi connectivity index (χ1) is 8.25. The van der Waals surface area contributed by atoms with Gasteiger partial charge in [0.15, 0.2) is 9.84 Å². The molecule has 18 heavy (non-hydrogen) atoms. The zero-order chi connectivity index (χ0) is 13.4. The minimum absolute atomic E-state index is 0.0177. The lowest BCUT2D eigenvalue weighted by atomic mass is 10.1. The van der Waals surface area contributed by atoms with Crippen molar-refractivity contribution >= 4 is 9.84 Å². The minimum atomic E-state index is -3.19. The predicted molar refractivity (Wildman–Crippen MR) is 71.5 cm³/mol. The molecule has 1 atom stereocenters. The third-order valence-electron chi connectivity index (χ3n) is 2.75. The maximum Gasteiger partial charge on any atom is 0.155 e. The summed E-state index contributed by atoms with van der Waals surface area (Å²) < 4.78 is 29.6. The van der Waals surface area contributed by atoms with Crippen LogP contribution < -0.4 is 10.5 Å². The van der Waals surface area contributed by atoms with Crippen molar-refractivity contribution in [3.63, 3.8) is 0 Å². The monoisotopic (exact) mass is 269 g/mol. The molecule has 2 N–H and O–H groups in total. The van der Waals surface area contributed by atoms with Crippen molar-refractivity contribution in [2.24, 2.45) is 5.73 Å². The maximum atomic E-state index is 12.0. The molecule has 1 aliphatic heterocycles. The van der Waals surface area contributed by atoms with Crippen molar-refractivity contribution in [3.8, 4) is 5.75 Å². The van der Waals surface area contributed by atoms with Gasteiger partial charge in [0.25, 0.3) is 0 Å². The maximum absolute atomic E-state index is 12.0. The molecule has 1 aromatic carbocycles. The van der Waals surface area contributed by atoms with E-state index >= 15 is 0 Å². The molecule has 5 heteroatoms. The molecule has 100 valence electrons. The molecule has 0 saturated carbocycles. The van der Waals surface area contributed by atoms with Crippen molar-refractivity contribution in [3.05, 3.63) is 29.8 Å². The first-order valence-corrected chi connectivity index (χ1v) is 7.81. The second kappa shape index (κ2) is 4.55. The Balaban J connectivity index is 2.01. The van der Waals surface area contributed by atoms with Crippen LogP contribution in [0.15, 0.2) is 24.3 Å². The van der Waals surface area contributed by atoms with Gasteiger partial charge in [-0.1, -0.05) is 18.2 Å². The Hall–Kier alpha value is -1.07. The lowest BCUT2D eigenvalue weighted by Gasteiger charge is -2.19. The zero-order valence-electron chi connectivity index (χ0n) is 10.7. The summed E-state index contributed by atoms with van der Waals surface area (Å²) >= 11 is 0. The number of benzene rings is 1. The normalized spacial score (nSPS) is 19.4. The Bertz CT molecular complexity index is 506. The van der Waals surface area contributed by atoms with Crippen LogP contribution in [-0.2, 0) is 16.3 Å². The Kier molecular flexibility index (Phi) is 3.38. The third kappa shape index (κ3) is 3.46. The number of hydrogen-bond donors (Lipinski definition) is 1. The van der Waals surface area contributed by atoms with Gasteiger partial charge in [0.05, 0.1) is 11.5 Å². The first kappa shape index (κ1) is 13.4. The van der Waals surface area contributed by atoms with Gasteiger partial charge in [-0.15, -0.1) is 0 Å². The Morgan fingerprint density at radius 2 is 2.06 bits per heavy atom. The topological polar surface area (TPSA) is 69.4 Å². The highest BCUT2D eigenvalue weighted by Gasteiger charge is 2.30. The summed E-state index contributed by atoms with van der Waals surface area (Å²) in [5.41, 5.74) is 6.13. The van der Waals surface area contributed by atoms with Gasteiger partial charge in [0.1, 0.15) is 11.9 Å². The molecule has 0 radical (unpaired) electrons. The summed E-state index contributed by atoms with van der Waals surface area (Å²) in [6, 6.07) is 7.66. The van der Waals surface area contributed by atoms with Crippen LogP contribution >= 0.6 is 0 Å². The summed E-state index contributed by atoms with van der Waals surface area (Å²) in [7, 11) is -3.19. The molecular weight excluding hydrogens is 250 g/mol. The van der Waals surface area contributed by atoms with E-state index in [0.717, 1.165) is 11.3 Å². The van der Waals surface area contributed by atoms with Crippen molar-refractivity contribution in [1.29, 1.82) is 0 Å². The average molecular weight is 269 g/mol. The van der Waals surface area contributed by atoms with Crippen LogP contribution in [0, 0.1) is 0 Å². The summed E-state index contributed by atoms with van der Waals surface area (Å²) in [5.74, 6) is 0.808. The van der Waals surface area contributed by atoms with E-state index in [1.54, 1.807) is 13.8 Å². The van der Waals surface area contributed by atoms with Crippen LogP contribution in [0.4, 0.5) is 0 Å². The fourth-order valence-corrected chi connectivity index (χ4v) is 4.26. The van der Waals surface area contributed by atoms with Crippen LogP contribution in [0.25, 0.3) is 0 Å². The summed E-state index contributed by atoms with van der Waals surface area (Å²) in [4.78, 5) is 0. The van der Waals surface area contributed by atoms with Gasteiger partial charge < -0.3 is 10.5 Å². The predicted octanol–water partition coefficient (Wildman–Crippen LogP) is 1.14. The van der Waals surface area contributed by atoms with Gasteiger partial charge >= 0.3 is 0 Å². The van der Waals surface area contributed by atoms with Crippen LogP contribution in [0.2, 0.25) is 0 Å². The number of ether oxygens (including phenoxy) is 1. The highest BCUT2D eigenvalue weighted by atomic mass is 32.2. The Morgan fingerprint density at radius 3 is 2.67 bits per heavy atom. The molecule has 1 aliphatic rings. The largest absolute Gasteiger partial charge is 0.489 e. The molecule has 0 aromatic heterocycles.